The summed E-state index contributed by atoms with van der Waals surface area (Å²) in [5.74, 6) is -0.114. The SMILES string of the molecule is O=C(NCC[C@@H]1CN(Cc2ccc(F)cc2)Cc2ccnn21)c1ccco1. The number of nitrogens with one attached hydrogen (secondary N) is 1. The molecule has 3 heterocycles. The van der Waals surface area contributed by atoms with E-state index in [1.807, 2.05) is 29.1 Å². The summed E-state index contributed by atoms with van der Waals surface area (Å²) in [7, 11) is 0. The molecule has 1 amide bonds. The zero-order valence-corrected chi connectivity index (χ0v) is 14.8. The lowest BCUT2D eigenvalue weighted by Crippen LogP contribution is -2.38. The van der Waals surface area contributed by atoms with Crippen molar-refractivity contribution >= 4 is 5.91 Å². The van der Waals surface area contributed by atoms with E-state index in [1.165, 1.54) is 18.4 Å². The van der Waals surface area contributed by atoms with Crippen LogP contribution in [0, 0.1) is 5.82 Å². The number of benzene rings is 1. The second-order valence-electron chi connectivity index (χ2n) is 6.74. The molecule has 0 radical (unpaired) electrons. The third-order valence-electron chi connectivity index (χ3n) is 4.78. The molecule has 27 heavy (non-hydrogen) atoms. The number of nitrogens with zero attached hydrogens (tertiary/aromatic N) is 3. The molecule has 2 aromatic heterocycles. The lowest BCUT2D eigenvalue weighted by Gasteiger charge is -2.34. The van der Waals surface area contributed by atoms with Gasteiger partial charge in [0.05, 0.1) is 18.0 Å². The maximum absolute atomic E-state index is 13.1. The van der Waals surface area contributed by atoms with E-state index < -0.39 is 0 Å². The Balaban J connectivity index is 1.38. The highest BCUT2D eigenvalue weighted by atomic mass is 19.1. The fourth-order valence-electron chi connectivity index (χ4n) is 3.49. The van der Waals surface area contributed by atoms with Crippen LogP contribution in [0.3, 0.4) is 0 Å². The molecule has 1 atom stereocenters. The van der Waals surface area contributed by atoms with E-state index >= 15 is 0 Å². The van der Waals surface area contributed by atoms with E-state index in [-0.39, 0.29) is 17.8 Å². The van der Waals surface area contributed by atoms with Gasteiger partial charge < -0.3 is 9.73 Å². The van der Waals surface area contributed by atoms with Crippen LogP contribution in [0.2, 0.25) is 0 Å². The predicted molar refractivity (Wildman–Crippen MR) is 97.4 cm³/mol. The predicted octanol–water partition coefficient (Wildman–Crippen LogP) is 2.99. The second kappa shape index (κ2) is 7.75. The normalized spacial score (nSPS) is 16.9. The van der Waals surface area contributed by atoms with Crippen LogP contribution in [-0.2, 0) is 13.1 Å². The number of amides is 1. The lowest BCUT2D eigenvalue weighted by atomic mass is 10.1. The van der Waals surface area contributed by atoms with Gasteiger partial charge >= 0.3 is 0 Å². The van der Waals surface area contributed by atoms with Gasteiger partial charge in [0, 0.05) is 32.4 Å². The molecule has 1 aliphatic heterocycles. The maximum atomic E-state index is 13.1. The van der Waals surface area contributed by atoms with Gasteiger partial charge in [-0.25, -0.2) is 4.39 Å². The molecule has 1 N–H and O–H groups in total. The molecule has 4 rings (SSSR count). The van der Waals surface area contributed by atoms with Crippen molar-refractivity contribution in [3.8, 4) is 0 Å². The Morgan fingerprint density at radius 1 is 1.26 bits per heavy atom. The van der Waals surface area contributed by atoms with Gasteiger partial charge in [0.25, 0.3) is 5.91 Å². The minimum atomic E-state index is -0.222. The van der Waals surface area contributed by atoms with Crippen LogP contribution in [0.4, 0.5) is 4.39 Å². The van der Waals surface area contributed by atoms with E-state index in [2.05, 4.69) is 15.3 Å². The Labute approximate surface area is 156 Å². The number of carbonyl (C=O) groups excluding carboxylic acids is 1. The summed E-state index contributed by atoms with van der Waals surface area (Å²) in [6, 6.07) is 12.1. The van der Waals surface area contributed by atoms with Gasteiger partial charge in [0.15, 0.2) is 5.76 Å². The van der Waals surface area contributed by atoms with Gasteiger partial charge in [-0.15, -0.1) is 0 Å². The molecule has 3 aromatic rings. The van der Waals surface area contributed by atoms with Gasteiger partial charge in [0.2, 0.25) is 0 Å². The zero-order chi connectivity index (χ0) is 18.6. The van der Waals surface area contributed by atoms with Crippen LogP contribution in [0.15, 0.2) is 59.3 Å². The van der Waals surface area contributed by atoms with Gasteiger partial charge in [-0.2, -0.15) is 5.10 Å². The molecule has 1 aromatic carbocycles. The summed E-state index contributed by atoms with van der Waals surface area (Å²) < 4.78 is 20.3. The Morgan fingerprint density at radius 2 is 2.11 bits per heavy atom. The number of hydrogen-bond donors (Lipinski definition) is 1. The van der Waals surface area contributed by atoms with Crippen molar-refractivity contribution in [2.45, 2.75) is 25.6 Å². The maximum Gasteiger partial charge on any atom is 0.286 e. The highest BCUT2D eigenvalue weighted by molar-refractivity contribution is 5.91. The number of hydrogen-bond acceptors (Lipinski definition) is 4. The highest BCUT2D eigenvalue weighted by Gasteiger charge is 2.25. The second-order valence-corrected chi connectivity index (χ2v) is 6.74. The molecule has 0 fully saturated rings. The summed E-state index contributed by atoms with van der Waals surface area (Å²) in [6.07, 6.45) is 4.06. The minimum absolute atomic E-state index is 0.168. The van der Waals surface area contributed by atoms with Crippen molar-refractivity contribution < 1.29 is 13.6 Å². The molecule has 0 bridgehead atoms. The monoisotopic (exact) mass is 368 g/mol. The van der Waals surface area contributed by atoms with Crippen LogP contribution >= 0.6 is 0 Å². The van der Waals surface area contributed by atoms with E-state index in [1.54, 1.807) is 12.1 Å². The Kier molecular flexibility index (Phi) is 5.02. The van der Waals surface area contributed by atoms with Crippen molar-refractivity contribution in [2.75, 3.05) is 13.1 Å². The number of aromatic nitrogens is 2. The molecule has 0 saturated carbocycles. The number of furan rings is 1. The first-order valence-electron chi connectivity index (χ1n) is 9.00. The average Bonchev–Trinajstić information content (AvgIpc) is 3.35. The van der Waals surface area contributed by atoms with Crippen molar-refractivity contribution in [1.82, 2.24) is 20.0 Å². The van der Waals surface area contributed by atoms with Crippen LogP contribution in [0.25, 0.3) is 0 Å². The number of halogens is 1. The molecule has 1 aliphatic rings. The number of carbonyl (C=O) groups is 1. The third-order valence-corrected chi connectivity index (χ3v) is 4.78. The topological polar surface area (TPSA) is 63.3 Å². The molecule has 7 heteroatoms. The van der Waals surface area contributed by atoms with E-state index in [0.717, 1.165) is 37.3 Å². The standard InChI is InChI=1S/C20H21FN4O2/c21-16-5-3-15(4-6-16)12-24-13-17(25-18(14-24)8-10-23-25)7-9-22-20(26)19-2-1-11-27-19/h1-6,8,10-11,17H,7,9,12-14H2,(H,22,26)/t17-/m1/s1. The van der Waals surface area contributed by atoms with Crippen molar-refractivity contribution in [2.24, 2.45) is 0 Å². The molecule has 6 nitrogen and oxygen atoms in total. The first-order valence-corrected chi connectivity index (χ1v) is 9.00. The van der Waals surface area contributed by atoms with Crippen LogP contribution in [0.1, 0.15) is 34.3 Å². The Bertz CT molecular complexity index is 889. The fourth-order valence-corrected chi connectivity index (χ4v) is 3.49. The van der Waals surface area contributed by atoms with Crippen LogP contribution in [-0.4, -0.2) is 33.7 Å². The van der Waals surface area contributed by atoms with Gasteiger partial charge in [-0.05, 0) is 42.3 Å². The molecule has 0 saturated heterocycles. The summed E-state index contributed by atoms with van der Waals surface area (Å²) in [5, 5.41) is 7.34. The number of fused-ring (bicyclic) bond motifs is 1. The first-order chi connectivity index (χ1) is 13.2. The Morgan fingerprint density at radius 3 is 2.89 bits per heavy atom. The zero-order valence-electron chi connectivity index (χ0n) is 14.8. The molecular weight excluding hydrogens is 347 g/mol. The summed E-state index contributed by atoms with van der Waals surface area (Å²) in [6.45, 7) is 2.91. The largest absolute Gasteiger partial charge is 0.459 e. The van der Waals surface area contributed by atoms with Crippen molar-refractivity contribution in [3.63, 3.8) is 0 Å². The van der Waals surface area contributed by atoms with E-state index in [9.17, 15) is 9.18 Å². The molecule has 0 unspecified atom stereocenters. The molecule has 0 aliphatic carbocycles. The van der Waals surface area contributed by atoms with Gasteiger partial charge in [-0.1, -0.05) is 12.1 Å². The molecular formula is C20H21FN4O2. The van der Waals surface area contributed by atoms with E-state index in [0.29, 0.717) is 12.3 Å². The Hall–Kier alpha value is -2.93. The molecule has 140 valence electrons. The summed E-state index contributed by atoms with van der Waals surface area (Å²) in [4.78, 5) is 14.3. The summed E-state index contributed by atoms with van der Waals surface area (Å²) >= 11 is 0. The van der Waals surface area contributed by atoms with E-state index in [4.69, 9.17) is 4.42 Å². The average molecular weight is 368 g/mol. The van der Waals surface area contributed by atoms with Crippen LogP contribution < -0.4 is 5.32 Å². The fraction of sp³-hybridized carbons (Fsp3) is 0.300. The van der Waals surface area contributed by atoms with Crippen LogP contribution in [0.5, 0.6) is 0 Å². The number of rotatable bonds is 6. The first kappa shape index (κ1) is 17.5. The summed E-state index contributed by atoms with van der Waals surface area (Å²) in [5.41, 5.74) is 2.22. The quantitative estimate of drug-likeness (QED) is 0.727. The van der Waals surface area contributed by atoms with Crippen molar-refractivity contribution in [3.05, 3.63) is 77.8 Å². The van der Waals surface area contributed by atoms with Gasteiger partial charge in [-0.3, -0.25) is 14.4 Å². The minimum Gasteiger partial charge on any atom is -0.459 e. The third kappa shape index (κ3) is 4.09. The lowest BCUT2D eigenvalue weighted by molar-refractivity contribution is 0.0919. The molecule has 0 spiro atoms. The smallest absolute Gasteiger partial charge is 0.286 e. The highest BCUT2D eigenvalue weighted by Crippen LogP contribution is 2.24. The van der Waals surface area contributed by atoms with Gasteiger partial charge in [0.1, 0.15) is 5.82 Å². The van der Waals surface area contributed by atoms with Crippen molar-refractivity contribution in [1.29, 1.82) is 0 Å².